The van der Waals surface area contributed by atoms with Crippen LogP contribution in [-0.4, -0.2) is 9.36 Å². The third-order valence-corrected chi connectivity index (χ3v) is 1.73. The molecule has 0 atom stereocenters. The molecular formula is C5H5N3S. The number of hydrogen-bond acceptors (Lipinski definition) is 4. The predicted molar refractivity (Wildman–Crippen MR) is 34.0 cm³/mol. The van der Waals surface area contributed by atoms with Crippen molar-refractivity contribution < 1.29 is 0 Å². The lowest BCUT2D eigenvalue weighted by Gasteiger charge is -1.75. The second kappa shape index (κ2) is 2.55. The number of nitriles is 1. The van der Waals surface area contributed by atoms with E-state index < -0.39 is 0 Å². The zero-order chi connectivity index (χ0) is 6.69. The zero-order valence-electron chi connectivity index (χ0n) is 4.96. The molecular weight excluding hydrogens is 134 g/mol. The third-order valence-electron chi connectivity index (χ3n) is 0.871. The second-order valence-electron chi connectivity index (χ2n) is 1.48. The number of aromatic nitrogens is 2. The molecule has 0 saturated carbocycles. The van der Waals surface area contributed by atoms with Gasteiger partial charge in [0.05, 0.1) is 0 Å². The number of nitrogens with zero attached hydrogens (tertiary/aromatic N) is 3. The van der Waals surface area contributed by atoms with E-state index in [1.54, 1.807) is 0 Å². The van der Waals surface area contributed by atoms with Crippen molar-refractivity contribution in [3.63, 3.8) is 0 Å². The summed E-state index contributed by atoms with van der Waals surface area (Å²) in [6, 6.07) is 1.87. The van der Waals surface area contributed by atoms with Crippen molar-refractivity contribution in [2.24, 2.45) is 0 Å². The number of hydrogen-bond donors (Lipinski definition) is 0. The second-order valence-corrected chi connectivity index (χ2v) is 2.31. The fourth-order valence-corrected chi connectivity index (χ4v) is 0.974. The van der Waals surface area contributed by atoms with Crippen molar-refractivity contribution in [1.82, 2.24) is 9.36 Å². The molecule has 0 N–H and O–H groups in total. The first-order valence-corrected chi connectivity index (χ1v) is 3.37. The molecule has 9 heavy (non-hydrogen) atoms. The summed E-state index contributed by atoms with van der Waals surface area (Å²) >= 11 is 1.29. The van der Waals surface area contributed by atoms with Gasteiger partial charge in [-0.2, -0.15) is 9.64 Å². The summed E-state index contributed by atoms with van der Waals surface area (Å²) in [7, 11) is 0. The maximum absolute atomic E-state index is 8.28. The quantitative estimate of drug-likeness (QED) is 0.582. The van der Waals surface area contributed by atoms with E-state index in [0.29, 0.717) is 0 Å². The maximum atomic E-state index is 8.28. The first kappa shape index (κ1) is 6.17. The van der Waals surface area contributed by atoms with Crippen molar-refractivity contribution in [3.05, 3.63) is 10.8 Å². The van der Waals surface area contributed by atoms with Crippen LogP contribution in [0.15, 0.2) is 0 Å². The Hall–Kier alpha value is -0.950. The van der Waals surface area contributed by atoms with E-state index >= 15 is 0 Å². The molecule has 3 nitrogen and oxygen atoms in total. The predicted octanol–water partition coefficient (Wildman–Crippen LogP) is 0.972. The minimum Gasteiger partial charge on any atom is -0.211 e. The van der Waals surface area contributed by atoms with Gasteiger partial charge in [0, 0.05) is 0 Å². The van der Waals surface area contributed by atoms with E-state index in [1.165, 1.54) is 11.5 Å². The van der Waals surface area contributed by atoms with E-state index in [-0.39, 0.29) is 5.82 Å². The van der Waals surface area contributed by atoms with Gasteiger partial charge in [0.1, 0.15) is 11.1 Å². The summed E-state index contributed by atoms with van der Waals surface area (Å²) in [4.78, 5) is 3.89. The summed E-state index contributed by atoms with van der Waals surface area (Å²) in [5, 5.41) is 9.20. The van der Waals surface area contributed by atoms with Crippen molar-refractivity contribution in [3.8, 4) is 6.07 Å². The lowest BCUT2D eigenvalue weighted by atomic mass is 10.5. The van der Waals surface area contributed by atoms with Crippen molar-refractivity contribution in [2.75, 3.05) is 0 Å². The number of rotatable bonds is 1. The Bertz CT molecular complexity index is 235. The SMILES string of the molecule is CCc1nc(C#N)ns1. The van der Waals surface area contributed by atoms with Crippen LogP contribution in [0.1, 0.15) is 17.8 Å². The first-order valence-electron chi connectivity index (χ1n) is 2.59. The summed E-state index contributed by atoms with van der Waals surface area (Å²) in [6.07, 6.45) is 0.860. The van der Waals surface area contributed by atoms with Crippen LogP contribution in [0.3, 0.4) is 0 Å². The van der Waals surface area contributed by atoms with Crippen LogP contribution in [0.4, 0.5) is 0 Å². The Morgan fingerprint density at radius 1 is 1.78 bits per heavy atom. The minimum absolute atomic E-state index is 0.289. The van der Waals surface area contributed by atoms with Gasteiger partial charge in [0.2, 0.25) is 5.82 Å². The Morgan fingerprint density at radius 3 is 2.89 bits per heavy atom. The molecule has 1 rings (SSSR count). The lowest BCUT2D eigenvalue weighted by Crippen LogP contribution is -1.77. The van der Waals surface area contributed by atoms with E-state index in [0.717, 1.165) is 11.4 Å². The molecule has 46 valence electrons. The molecule has 1 aromatic rings. The molecule has 0 fully saturated rings. The molecule has 0 spiro atoms. The molecule has 4 heteroatoms. The molecule has 0 saturated heterocycles. The molecule has 0 aliphatic heterocycles. The van der Waals surface area contributed by atoms with E-state index in [9.17, 15) is 0 Å². The van der Waals surface area contributed by atoms with Gasteiger partial charge in [-0.1, -0.05) is 6.92 Å². The van der Waals surface area contributed by atoms with Crippen molar-refractivity contribution >= 4 is 11.5 Å². The Balaban J connectivity index is 2.90. The van der Waals surface area contributed by atoms with Crippen LogP contribution in [0.25, 0.3) is 0 Å². The van der Waals surface area contributed by atoms with Gasteiger partial charge >= 0.3 is 0 Å². The highest BCUT2D eigenvalue weighted by atomic mass is 32.1. The molecule has 0 bridgehead atoms. The van der Waals surface area contributed by atoms with Gasteiger partial charge in [0.25, 0.3) is 0 Å². The van der Waals surface area contributed by atoms with Gasteiger partial charge in [-0.05, 0) is 18.0 Å². The average Bonchev–Trinajstić information content (AvgIpc) is 2.34. The summed E-state index contributed by atoms with van der Waals surface area (Å²) in [6.45, 7) is 1.99. The smallest absolute Gasteiger partial charge is 0.211 e. The van der Waals surface area contributed by atoms with Gasteiger partial charge in [-0.15, -0.1) is 0 Å². The van der Waals surface area contributed by atoms with Crippen LogP contribution in [0, 0.1) is 11.3 Å². The summed E-state index contributed by atoms with van der Waals surface area (Å²) < 4.78 is 3.77. The van der Waals surface area contributed by atoms with E-state index in [1.807, 2.05) is 13.0 Å². The normalized spacial score (nSPS) is 8.89. The van der Waals surface area contributed by atoms with Crippen molar-refractivity contribution in [2.45, 2.75) is 13.3 Å². The van der Waals surface area contributed by atoms with Gasteiger partial charge < -0.3 is 0 Å². The van der Waals surface area contributed by atoms with E-state index in [4.69, 9.17) is 5.26 Å². The highest BCUT2D eigenvalue weighted by molar-refractivity contribution is 7.05. The molecule has 0 aliphatic carbocycles. The molecule has 0 radical (unpaired) electrons. The molecule has 0 unspecified atom stereocenters. The monoisotopic (exact) mass is 139 g/mol. The highest BCUT2D eigenvalue weighted by Gasteiger charge is 1.97. The standard InChI is InChI=1S/C5H5N3S/c1-2-5-7-4(3-6)8-9-5/h2H2,1H3. The van der Waals surface area contributed by atoms with Gasteiger partial charge in [0.15, 0.2) is 0 Å². The zero-order valence-corrected chi connectivity index (χ0v) is 5.77. The topological polar surface area (TPSA) is 49.6 Å². The first-order chi connectivity index (χ1) is 4.36. The fourth-order valence-electron chi connectivity index (χ4n) is 0.444. The van der Waals surface area contributed by atoms with Crippen molar-refractivity contribution in [1.29, 1.82) is 5.26 Å². The Kier molecular flexibility index (Phi) is 1.75. The van der Waals surface area contributed by atoms with Crippen LogP contribution in [-0.2, 0) is 6.42 Å². The highest BCUT2D eigenvalue weighted by Crippen LogP contribution is 2.02. The minimum atomic E-state index is 0.289. The molecule has 0 aliphatic rings. The lowest BCUT2D eigenvalue weighted by molar-refractivity contribution is 1.07. The van der Waals surface area contributed by atoms with Gasteiger partial charge in [-0.3, -0.25) is 0 Å². The molecule has 0 aromatic carbocycles. The number of aryl methyl sites for hydroxylation is 1. The summed E-state index contributed by atoms with van der Waals surface area (Å²) in [5.74, 6) is 0.289. The maximum Gasteiger partial charge on any atom is 0.244 e. The fraction of sp³-hybridized carbons (Fsp3) is 0.400. The average molecular weight is 139 g/mol. The molecule has 0 amide bonds. The van der Waals surface area contributed by atoms with Crippen LogP contribution in [0.5, 0.6) is 0 Å². The largest absolute Gasteiger partial charge is 0.244 e. The molecule has 1 aromatic heterocycles. The molecule has 1 heterocycles. The van der Waals surface area contributed by atoms with Gasteiger partial charge in [-0.25, -0.2) is 4.98 Å². The Labute approximate surface area is 57.1 Å². The van der Waals surface area contributed by atoms with Crippen LogP contribution in [0.2, 0.25) is 0 Å². The van der Waals surface area contributed by atoms with Crippen LogP contribution < -0.4 is 0 Å². The van der Waals surface area contributed by atoms with E-state index in [2.05, 4.69) is 9.36 Å². The van der Waals surface area contributed by atoms with Crippen LogP contribution >= 0.6 is 11.5 Å². The Morgan fingerprint density at radius 2 is 2.56 bits per heavy atom. The summed E-state index contributed by atoms with van der Waals surface area (Å²) in [5.41, 5.74) is 0. The third kappa shape index (κ3) is 1.24.